The highest BCUT2D eigenvalue weighted by atomic mass is 16.5. The molecule has 1 N–H and O–H groups in total. The van der Waals surface area contributed by atoms with Crippen molar-refractivity contribution in [3.63, 3.8) is 0 Å². The van der Waals surface area contributed by atoms with Gasteiger partial charge in [0.15, 0.2) is 12.4 Å². The summed E-state index contributed by atoms with van der Waals surface area (Å²) in [5.74, 6) is -0.106. The molecule has 0 fully saturated rings. The van der Waals surface area contributed by atoms with E-state index in [9.17, 15) is 9.59 Å². The topological polar surface area (TPSA) is 81.4 Å². The zero-order valence-corrected chi connectivity index (χ0v) is 12.6. The SMILES string of the molecule is Cc1cc(COC(=O)CCNC(=O)c2ccccc2C)on1. The molecule has 1 amide bonds. The van der Waals surface area contributed by atoms with Crippen LogP contribution in [-0.2, 0) is 16.1 Å². The van der Waals surface area contributed by atoms with Gasteiger partial charge in [-0.2, -0.15) is 0 Å². The second kappa shape index (κ2) is 7.40. The van der Waals surface area contributed by atoms with Crippen LogP contribution >= 0.6 is 0 Å². The molecule has 0 aliphatic carbocycles. The van der Waals surface area contributed by atoms with Crippen LogP contribution in [0.25, 0.3) is 0 Å². The van der Waals surface area contributed by atoms with Crippen LogP contribution in [-0.4, -0.2) is 23.6 Å². The summed E-state index contributed by atoms with van der Waals surface area (Å²) in [7, 11) is 0. The van der Waals surface area contributed by atoms with Crippen molar-refractivity contribution in [3.8, 4) is 0 Å². The summed E-state index contributed by atoms with van der Waals surface area (Å²) in [5, 5.41) is 6.40. The van der Waals surface area contributed by atoms with Crippen molar-refractivity contribution < 1.29 is 18.8 Å². The molecule has 0 saturated carbocycles. The van der Waals surface area contributed by atoms with Crippen LogP contribution in [0.1, 0.15) is 33.8 Å². The number of aromatic nitrogens is 1. The van der Waals surface area contributed by atoms with Crippen molar-refractivity contribution in [2.75, 3.05) is 6.54 Å². The number of amides is 1. The predicted octanol–water partition coefficient (Wildman–Crippen LogP) is 2.15. The molecule has 1 aromatic heterocycles. The van der Waals surface area contributed by atoms with E-state index in [1.807, 2.05) is 19.1 Å². The molecule has 2 aromatic rings. The fraction of sp³-hybridized carbons (Fsp3) is 0.312. The molecule has 0 unspecified atom stereocenters. The lowest BCUT2D eigenvalue weighted by Crippen LogP contribution is -2.27. The Labute approximate surface area is 128 Å². The number of hydrogen-bond acceptors (Lipinski definition) is 5. The van der Waals surface area contributed by atoms with Crippen LogP contribution < -0.4 is 5.32 Å². The van der Waals surface area contributed by atoms with E-state index in [0.29, 0.717) is 11.3 Å². The van der Waals surface area contributed by atoms with Gasteiger partial charge in [-0.05, 0) is 25.5 Å². The van der Waals surface area contributed by atoms with Gasteiger partial charge < -0.3 is 14.6 Å². The third-order valence-corrected chi connectivity index (χ3v) is 3.06. The van der Waals surface area contributed by atoms with Gasteiger partial charge in [-0.3, -0.25) is 9.59 Å². The van der Waals surface area contributed by atoms with E-state index in [4.69, 9.17) is 9.26 Å². The van der Waals surface area contributed by atoms with Crippen molar-refractivity contribution in [1.82, 2.24) is 10.5 Å². The first-order chi connectivity index (χ1) is 10.6. The van der Waals surface area contributed by atoms with Gasteiger partial charge in [-0.15, -0.1) is 0 Å². The Balaban J connectivity index is 1.71. The average molecular weight is 302 g/mol. The molecule has 116 valence electrons. The van der Waals surface area contributed by atoms with E-state index in [-0.39, 0.29) is 25.5 Å². The number of aryl methyl sites for hydroxylation is 2. The van der Waals surface area contributed by atoms with Crippen molar-refractivity contribution in [2.45, 2.75) is 26.9 Å². The molecule has 0 aliphatic rings. The number of hydrogen-bond donors (Lipinski definition) is 1. The second-order valence-electron chi connectivity index (χ2n) is 4.92. The number of esters is 1. The Kier molecular flexibility index (Phi) is 5.30. The minimum absolute atomic E-state index is 0.0470. The smallest absolute Gasteiger partial charge is 0.308 e. The van der Waals surface area contributed by atoms with Crippen LogP contribution in [0.4, 0.5) is 0 Å². The summed E-state index contributed by atoms with van der Waals surface area (Å²) >= 11 is 0. The zero-order chi connectivity index (χ0) is 15.9. The minimum Gasteiger partial charge on any atom is -0.457 e. The highest BCUT2D eigenvalue weighted by Gasteiger charge is 2.10. The van der Waals surface area contributed by atoms with Gasteiger partial charge in [0.1, 0.15) is 0 Å². The number of nitrogens with zero attached hydrogens (tertiary/aromatic N) is 1. The Morgan fingerprint density at radius 1 is 1.27 bits per heavy atom. The van der Waals surface area contributed by atoms with Gasteiger partial charge >= 0.3 is 5.97 Å². The molecule has 6 heteroatoms. The second-order valence-corrected chi connectivity index (χ2v) is 4.92. The maximum atomic E-state index is 11.9. The number of carbonyl (C=O) groups is 2. The summed E-state index contributed by atoms with van der Waals surface area (Å²) in [6.07, 6.45) is 0.102. The Morgan fingerprint density at radius 3 is 2.73 bits per heavy atom. The molecule has 1 aromatic carbocycles. The normalized spacial score (nSPS) is 10.3. The maximum absolute atomic E-state index is 11.9. The van der Waals surface area contributed by atoms with Gasteiger partial charge in [0.05, 0.1) is 12.1 Å². The van der Waals surface area contributed by atoms with Crippen LogP contribution in [0.15, 0.2) is 34.9 Å². The lowest BCUT2D eigenvalue weighted by atomic mass is 10.1. The van der Waals surface area contributed by atoms with Crippen LogP contribution in [0.3, 0.4) is 0 Å². The van der Waals surface area contributed by atoms with Crippen molar-refractivity contribution in [2.24, 2.45) is 0 Å². The number of carbonyl (C=O) groups excluding carboxylic acids is 2. The largest absolute Gasteiger partial charge is 0.457 e. The highest BCUT2D eigenvalue weighted by Crippen LogP contribution is 2.07. The van der Waals surface area contributed by atoms with Crippen molar-refractivity contribution >= 4 is 11.9 Å². The molecule has 6 nitrogen and oxygen atoms in total. The molecule has 1 heterocycles. The summed E-state index contributed by atoms with van der Waals surface area (Å²) in [5.41, 5.74) is 2.23. The molecular formula is C16H18N2O4. The standard InChI is InChI=1S/C16H18N2O4/c1-11-5-3-4-6-14(11)16(20)17-8-7-15(19)21-10-13-9-12(2)18-22-13/h3-6,9H,7-8,10H2,1-2H3,(H,17,20). The van der Waals surface area contributed by atoms with Gasteiger partial charge in [-0.25, -0.2) is 0 Å². The molecule has 0 spiro atoms. The average Bonchev–Trinajstić information content (AvgIpc) is 2.91. The van der Waals surface area contributed by atoms with E-state index < -0.39 is 5.97 Å². The number of ether oxygens (including phenoxy) is 1. The number of nitrogens with one attached hydrogen (secondary N) is 1. The molecule has 2 rings (SSSR count). The van der Waals surface area contributed by atoms with Gasteiger partial charge in [0, 0.05) is 18.2 Å². The molecule has 0 saturated heterocycles. The van der Waals surface area contributed by atoms with Crippen LogP contribution in [0.2, 0.25) is 0 Å². The number of rotatable bonds is 6. The molecular weight excluding hydrogens is 284 g/mol. The fourth-order valence-electron chi connectivity index (χ4n) is 1.91. The third kappa shape index (κ3) is 4.44. The maximum Gasteiger partial charge on any atom is 0.308 e. The quantitative estimate of drug-likeness (QED) is 0.827. The van der Waals surface area contributed by atoms with E-state index in [1.54, 1.807) is 25.1 Å². The fourth-order valence-corrected chi connectivity index (χ4v) is 1.91. The van der Waals surface area contributed by atoms with Crippen molar-refractivity contribution in [3.05, 3.63) is 52.9 Å². The first-order valence-electron chi connectivity index (χ1n) is 6.98. The lowest BCUT2D eigenvalue weighted by Gasteiger charge is -2.07. The van der Waals surface area contributed by atoms with Gasteiger partial charge in [0.25, 0.3) is 5.91 Å². The van der Waals surface area contributed by atoms with Crippen LogP contribution in [0.5, 0.6) is 0 Å². The zero-order valence-electron chi connectivity index (χ0n) is 12.6. The summed E-state index contributed by atoms with van der Waals surface area (Å²) in [4.78, 5) is 23.5. The predicted molar refractivity (Wildman–Crippen MR) is 79.2 cm³/mol. The van der Waals surface area contributed by atoms with Crippen molar-refractivity contribution in [1.29, 1.82) is 0 Å². The minimum atomic E-state index is -0.404. The summed E-state index contributed by atoms with van der Waals surface area (Å²) < 4.78 is 9.96. The summed E-state index contributed by atoms with van der Waals surface area (Å²) in [6, 6.07) is 8.98. The Morgan fingerprint density at radius 2 is 2.05 bits per heavy atom. The number of benzene rings is 1. The third-order valence-electron chi connectivity index (χ3n) is 3.06. The molecule has 0 atom stereocenters. The molecule has 0 radical (unpaired) electrons. The van der Waals surface area contributed by atoms with E-state index in [1.165, 1.54) is 0 Å². The lowest BCUT2D eigenvalue weighted by molar-refractivity contribution is -0.145. The molecule has 22 heavy (non-hydrogen) atoms. The Hall–Kier alpha value is -2.63. The van der Waals surface area contributed by atoms with Gasteiger partial charge in [0.2, 0.25) is 0 Å². The first-order valence-corrected chi connectivity index (χ1v) is 6.98. The monoisotopic (exact) mass is 302 g/mol. The summed E-state index contributed by atoms with van der Waals surface area (Å²) in [6.45, 7) is 3.92. The highest BCUT2D eigenvalue weighted by molar-refractivity contribution is 5.95. The first kappa shape index (κ1) is 15.8. The Bertz CT molecular complexity index is 664. The van der Waals surface area contributed by atoms with Gasteiger partial charge in [-0.1, -0.05) is 23.4 Å². The van der Waals surface area contributed by atoms with E-state index in [0.717, 1.165) is 11.3 Å². The van der Waals surface area contributed by atoms with E-state index >= 15 is 0 Å². The molecule has 0 aliphatic heterocycles. The molecule has 0 bridgehead atoms. The van der Waals surface area contributed by atoms with Crippen LogP contribution in [0, 0.1) is 13.8 Å². The van der Waals surface area contributed by atoms with E-state index in [2.05, 4.69) is 10.5 Å².